The number of nitrogens with zero attached hydrogens (tertiary/aromatic N) is 1. The standard InChI is InChI=1S/C15H26N2/c1-5-8-14(16-6-2)12-17(4)15-10-7-9-13(3)11-15/h7,9-11,14,16H,5-6,8,12H2,1-4H3. The van der Waals surface area contributed by atoms with Crippen molar-refractivity contribution in [2.45, 2.75) is 39.7 Å². The number of rotatable bonds is 7. The molecule has 0 saturated heterocycles. The lowest BCUT2D eigenvalue weighted by Crippen LogP contribution is -2.39. The van der Waals surface area contributed by atoms with Crippen LogP contribution >= 0.6 is 0 Å². The van der Waals surface area contributed by atoms with Crippen LogP contribution in [-0.2, 0) is 0 Å². The molecule has 2 heteroatoms. The Morgan fingerprint density at radius 1 is 1.29 bits per heavy atom. The second-order valence-corrected chi connectivity index (χ2v) is 4.76. The van der Waals surface area contributed by atoms with Crippen molar-refractivity contribution in [2.75, 3.05) is 25.0 Å². The van der Waals surface area contributed by atoms with Crippen LogP contribution in [0.2, 0.25) is 0 Å². The molecule has 1 rings (SSSR count). The Balaban J connectivity index is 2.59. The number of hydrogen-bond acceptors (Lipinski definition) is 2. The first-order valence-corrected chi connectivity index (χ1v) is 6.68. The first-order chi connectivity index (χ1) is 8.17. The molecule has 0 fully saturated rings. The molecule has 1 unspecified atom stereocenters. The molecule has 0 aliphatic heterocycles. The molecular formula is C15H26N2. The molecule has 1 atom stereocenters. The molecule has 2 nitrogen and oxygen atoms in total. The van der Waals surface area contributed by atoms with Gasteiger partial charge >= 0.3 is 0 Å². The van der Waals surface area contributed by atoms with Crippen LogP contribution in [-0.4, -0.2) is 26.2 Å². The highest BCUT2D eigenvalue weighted by Crippen LogP contribution is 2.15. The summed E-state index contributed by atoms with van der Waals surface area (Å²) >= 11 is 0. The number of aryl methyl sites for hydroxylation is 1. The summed E-state index contributed by atoms with van der Waals surface area (Å²) in [6, 6.07) is 9.29. The number of anilines is 1. The van der Waals surface area contributed by atoms with Gasteiger partial charge in [-0.05, 0) is 37.6 Å². The molecule has 1 N–H and O–H groups in total. The van der Waals surface area contributed by atoms with Crippen molar-refractivity contribution in [1.82, 2.24) is 5.32 Å². The topological polar surface area (TPSA) is 15.3 Å². The number of hydrogen-bond donors (Lipinski definition) is 1. The van der Waals surface area contributed by atoms with Crippen LogP contribution in [0.3, 0.4) is 0 Å². The lowest BCUT2D eigenvalue weighted by molar-refractivity contribution is 0.488. The lowest BCUT2D eigenvalue weighted by atomic mass is 10.1. The van der Waals surface area contributed by atoms with Crippen LogP contribution in [0.5, 0.6) is 0 Å². The zero-order valence-corrected chi connectivity index (χ0v) is 11.7. The molecule has 0 heterocycles. The highest BCUT2D eigenvalue weighted by atomic mass is 15.1. The van der Waals surface area contributed by atoms with Gasteiger partial charge in [-0.3, -0.25) is 0 Å². The summed E-state index contributed by atoms with van der Waals surface area (Å²) in [7, 11) is 2.18. The predicted octanol–water partition coefficient (Wildman–Crippen LogP) is 3.21. The molecule has 0 amide bonds. The van der Waals surface area contributed by atoms with E-state index >= 15 is 0 Å². The molecule has 0 aliphatic rings. The van der Waals surface area contributed by atoms with E-state index in [-0.39, 0.29) is 0 Å². The minimum absolute atomic E-state index is 0.593. The Kier molecular flexibility index (Phi) is 6.06. The van der Waals surface area contributed by atoms with Gasteiger partial charge in [0.2, 0.25) is 0 Å². The maximum absolute atomic E-state index is 3.56. The fourth-order valence-corrected chi connectivity index (χ4v) is 2.20. The van der Waals surface area contributed by atoms with E-state index in [1.54, 1.807) is 0 Å². The monoisotopic (exact) mass is 234 g/mol. The van der Waals surface area contributed by atoms with Crippen molar-refractivity contribution in [3.8, 4) is 0 Å². The Hall–Kier alpha value is -1.02. The van der Waals surface area contributed by atoms with Gasteiger partial charge in [0.15, 0.2) is 0 Å². The Bertz CT molecular complexity index is 316. The minimum Gasteiger partial charge on any atom is -0.373 e. The molecular weight excluding hydrogens is 208 g/mol. The van der Waals surface area contributed by atoms with Gasteiger partial charge in [-0.25, -0.2) is 0 Å². The predicted molar refractivity (Wildman–Crippen MR) is 76.8 cm³/mol. The lowest BCUT2D eigenvalue weighted by Gasteiger charge is -2.26. The Labute approximate surface area is 106 Å². The van der Waals surface area contributed by atoms with Crippen LogP contribution in [0, 0.1) is 6.92 Å². The number of likely N-dealkylation sites (N-methyl/N-ethyl adjacent to an activating group) is 2. The van der Waals surface area contributed by atoms with Gasteiger partial charge < -0.3 is 10.2 Å². The third kappa shape index (κ3) is 4.78. The fraction of sp³-hybridized carbons (Fsp3) is 0.600. The van der Waals surface area contributed by atoms with Crippen LogP contribution in [0.15, 0.2) is 24.3 Å². The molecule has 0 aromatic heterocycles. The van der Waals surface area contributed by atoms with Gasteiger partial charge in [0.1, 0.15) is 0 Å². The van der Waals surface area contributed by atoms with E-state index in [4.69, 9.17) is 0 Å². The first kappa shape index (κ1) is 14.0. The Morgan fingerprint density at radius 3 is 2.65 bits per heavy atom. The van der Waals surface area contributed by atoms with Crippen LogP contribution in [0.25, 0.3) is 0 Å². The van der Waals surface area contributed by atoms with Gasteiger partial charge in [0.25, 0.3) is 0 Å². The number of benzene rings is 1. The molecule has 1 aromatic carbocycles. The van der Waals surface area contributed by atoms with Crippen LogP contribution in [0.1, 0.15) is 32.3 Å². The molecule has 0 radical (unpaired) electrons. The minimum atomic E-state index is 0.593. The molecule has 17 heavy (non-hydrogen) atoms. The second-order valence-electron chi connectivity index (χ2n) is 4.76. The maximum Gasteiger partial charge on any atom is 0.0366 e. The SMILES string of the molecule is CCCC(CN(C)c1cccc(C)c1)NCC. The zero-order chi connectivity index (χ0) is 12.7. The largest absolute Gasteiger partial charge is 0.373 e. The van der Waals surface area contributed by atoms with Crippen molar-refractivity contribution < 1.29 is 0 Å². The van der Waals surface area contributed by atoms with Gasteiger partial charge in [0.05, 0.1) is 0 Å². The molecule has 0 spiro atoms. The fourth-order valence-electron chi connectivity index (χ4n) is 2.20. The van der Waals surface area contributed by atoms with E-state index in [9.17, 15) is 0 Å². The summed E-state index contributed by atoms with van der Waals surface area (Å²) in [4.78, 5) is 2.34. The molecule has 1 aromatic rings. The van der Waals surface area contributed by atoms with E-state index in [2.05, 4.69) is 62.3 Å². The summed E-state index contributed by atoms with van der Waals surface area (Å²) < 4.78 is 0. The second kappa shape index (κ2) is 7.33. The summed E-state index contributed by atoms with van der Waals surface area (Å²) in [6.07, 6.45) is 2.48. The number of nitrogens with one attached hydrogen (secondary N) is 1. The van der Waals surface area contributed by atoms with E-state index < -0.39 is 0 Å². The normalized spacial score (nSPS) is 12.5. The summed E-state index contributed by atoms with van der Waals surface area (Å²) in [6.45, 7) is 8.69. The van der Waals surface area contributed by atoms with Crippen molar-refractivity contribution in [2.24, 2.45) is 0 Å². The average molecular weight is 234 g/mol. The highest BCUT2D eigenvalue weighted by Gasteiger charge is 2.09. The quantitative estimate of drug-likeness (QED) is 0.779. The van der Waals surface area contributed by atoms with E-state index in [1.807, 2.05) is 0 Å². The molecule has 96 valence electrons. The van der Waals surface area contributed by atoms with Crippen molar-refractivity contribution in [1.29, 1.82) is 0 Å². The van der Waals surface area contributed by atoms with Gasteiger partial charge in [0, 0.05) is 25.3 Å². The van der Waals surface area contributed by atoms with Crippen LogP contribution < -0.4 is 10.2 Å². The van der Waals surface area contributed by atoms with Crippen molar-refractivity contribution in [3.05, 3.63) is 29.8 Å². The molecule has 0 aliphatic carbocycles. The average Bonchev–Trinajstić information content (AvgIpc) is 2.29. The smallest absolute Gasteiger partial charge is 0.0366 e. The third-order valence-electron chi connectivity index (χ3n) is 3.07. The first-order valence-electron chi connectivity index (χ1n) is 6.68. The summed E-state index contributed by atoms with van der Waals surface area (Å²) in [5.74, 6) is 0. The van der Waals surface area contributed by atoms with E-state index in [1.165, 1.54) is 24.1 Å². The molecule has 0 saturated carbocycles. The summed E-state index contributed by atoms with van der Waals surface area (Å²) in [5.41, 5.74) is 2.63. The van der Waals surface area contributed by atoms with Gasteiger partial charge in [-0.1, -0.05) is 32.4 Å². The van der Waals surface area contributed by atoms with Crippen molar-refractivity contribution in [3.63, 3.8) is 0 Å². The Morgan fingerprint density at radius 2 is 2.06 bits per heavy atom. The maximum atomic E-state index is 3.56. The zero-order valence-electron chi connectivity index (χ0n) is 11.7. The highest BCUT2D eigenvalue weighted by molar-refractivity contribution is 5.47. The van der Waals surface area contributed by atoms with Gasteiger partial charge in [-0.15, -0.1) is 0 Å². The van der Waals surface area contributed by atoms with Gasteiger partial charge in [-0.2, -0.15) is 0 Å². The summed E-state index contributed by atoms with van der Waals surface area (Å²) in [5, 5.41) is 3.56. The third-order valence-corrected chi connectivity index (χ3v) is 3.07. The van der Waals surface area contributed by atoms with Crippen molar-refractivity contribution >= 4 is 5.69 Å². The van der Waals surface area contributed by atoms with E-state index in [0.29, 0.717) is 6.04 Å². The van der Waals surface area contributed by atoms with E-state index in [0.717, 1.165) is 13.1 Å². The molecule has 0 bridgehead atoms. The van der Waals surface area contributed by atoms with Crippen LogP contribution in [0.4, 0.5) is 5.69 Å².